The van der Waals surface area contributed by atoms with E-state index in [4.69, 9.17) is 19.4 Å². The summed E-state index contributed by atoms with van der Waals surface area (Å²) in [6, 6.07) is 22.7. The van der Waals surface area contributed by atoms with Crippen LogP contribution in [-0.4, -0.2) is 33.0 Å². The molecule has 9 heteroatoms. The molecule has 2 N–H and O–H groups in total. The Hall–Kier alpha value is -3.69. The van der Waals surface area contributed by atoms with Gasteiger partial charge in [0.1, 0.15) is 17.3 Å². The highest BCUT2D eigenvalue weighted by atomic mass is 32.2. The lowest BCUT2D eigenvalue weighted by Gasteiger charge is -2.25. The van der Waals surface area contributed by atoms with Crippen molar-refractivity contribution >= 4 is 22.1 Å². The van der Waals surface area contributed by atoms with E-state index in [9.17, 15) is 18.0 Å². The fourth-order valence-electron chi connectivity index (χ4n) is 3.53. The largest absolute Gasteiger partial charge is 0.463 e. The van der Waals surface area contributed by atoms with Gasteiger partial charge in [0.15, 0.2) is 0 Å². The quantitative estimate of drug-likeness (QED) is 0.305. The van der Waals surface area contributed by atoms with E-state index in [0.717, 1.165) is 5.56 Å². The predicted octanol–water partition coefficient (Wildman–Crippen LogP) is 3.81. The van der Waals surface area contributed by atoms with Crippen molar-refractivity contribution < 1.29 is 31.7 Å². The molecule has 0 fully saturated rings. The highest BCUT2D eigenvalue weighted by molar-refractivity contribution is 7.87. The zero-order chi connectivity index (χ0) is 26.1. The summed E-state index contributed by atoms with van der Waals surface area (Å²) in [4.78, 5) is 26.0. The van der Waals surface area contributed by atoms with E-state index in [1.807, 2.05) is 30.3 Å². The topological polar surface area (TPSA) is 122 Å². The molecular formula is C27H29NO7S. The van der Waals surface area contributed by atoms with Gasteiger partial charge in [0.25, 0.3) is 0 Å². The van der Waals surface area contributed by atoms with E-state index in [0.29, 0.717) is 5.56 Å². The number of benzene rings is 3. The summed E-state index contributed by atoms with van der Waals surface area (Å²) in [7, 11) is -4.04. The SMILES string of the molecule is CC(C)OC(=O)C(CN)C(C(=O)OCc1ccccc1)c1ccc(OS(=O)(=O)c2ccccc2)cc1. The van der Waals surface area contributed by atoms with Gasteiger partial charge < -0.3 is 19.4 Å². The maximum Gasteiger partial charge on any atom is 0.339 e. The molecule has 0 aliphatic rings. The minimum absolute atomic E-state index is 0.0102. The van der Waals surface area contributed by atoms with Crippen LogP contribution in [0.15, 0.2) is 89.8 Å². The highest BCUT2D eigenvalue weighted by Crippen LogP contribution is 2.30. The maximum absolute atomic E-state index is 13.2. The Kier molecular flexibility index (Phi) is 9.21. The smallest absolute Gasteiger partial charge is 0.339 e. The number of carbonyl (C=O) groups is 2. The molecule has 0 bridgehead atoms. The molecule has 3 rings (SSSR count). The van der Waals surface area contributed by atoms with E-state index >= 15 is 0 Å². The summed E-state index contributed by atoms with van der Waals surface area (Å²) >= 11 is 0. The van der Waals surface area contributed by atoms with Crippen molar-refractivity contribution in [2.24, 2.45) is 11.7 Å². The summed E-state index contributed by atoms with van der Waals surface area (Å²) < 4.78 is 41.1. The number of hydrogen-bond acceptors (Lipinski definition) is 8. The van der Waals surface area contributed by atoms with Gasteiger partial charge in [-0.15, -0.1) is 0 Å². The lowest BCUT2D eigenvalue weighted by atomic mass is 9.85. The summed E-state index contributed by atoms with van der Waals surface area (Å²) in [5, 5.41) is 0. The zero-order valence-corrected chi connectivity index (χ0v) is 20.9. The zero-order valence-electron chi connectivity index (χ0n) is 20.1. The first-order valence-electron chi connectivity index (χ1n) is 11.4. The molecule has 0 aliphatic carbocycles. The molecule has 0 aromatic heterocycles. The average molecular weight is 512 g/mol. The van der Waals surface area contributed by atoms with Crippen LogP contribution in [0.3, 0.4) is 0 Å². The molecule has 0 heterocycles. The Morgan fingerprint density at radius 2 is 1.42 bits per heavy atom. The normalized spacial score (nSPS) is 13.0. The summed E-state index contributed by atoms with van der Waals surface area (Å²) in [6.07, 6.45) is -0.397. The van der Waals surface area contributed by atoms with Gasteiger partial charge in [0.05, 0.1) is 17.9 Å². The molecule has 0 saturated carbocycles. The number of esters is 2. The van der Waals surface area contributed by atoms with E-state index < -0.39 is 40.0 Å². The van der Waals surface area contributed by atoms with Gasteiger partial charge in [-0.25, -0.2) is 0 Å². The van der Waals surface area contributed by atoms with Crippen LogP contribution in [0.25, 0.3) is 0 Å². The van der Waals surface area contributed by atoms with Crippen LogP contribution in [0.4, 0.5) is 0 Å². The van der Waals surface area contributed by atoms with Crippen LogP contribution < -0.4 is 9.92 Å². The fourth-order valence-corrected chi connectivity index (χ4v) is 4.48. The number of carbonyl (C=O) groups excluding carboxylic acids is 2. The van der Waals surface area contributed by atoms with Crippen molar-refractivity contribution in [3.8, 4) is 5.75 Å². The Balaban J connectivity index is 1.86. The number of hydrogen-bond donors (Lipinski definition) is 1. The van der Waals surface area contributed by atoms with Crippen LogP contribution in [0, 0.1) is 5.92 Å². The summed E-state index contributed by atoms with van der Waals surface area (Å²) in [5.41, 5.74) is 7.09. The highest BCUT2D eigenvalue weighted by Gasteiger charge is 2.37. The van der Waals surface area contributed by atoms with Crippen molar-refractivity contribution in [2.75, 3.05) is 6.54 Å². The van der Waals surface area contributed by atoms with Crippen molar-refractivity contribution in [2.45, 2.75) is 37.4 Å². The monoisotopic (exact) mass is 511 g/mol. The average Bonchev–Trinajstić information content (AvgIpc) is 2.87. The fraction of sp³-hybridized carbons (Fsp3) is 0.259. The number of ether oxygens (including phenoxy) is 2. The molecule has 190 valence electrons. The first-order valence-corrected chi connectivity index (χ1v) is 12.8. The maximum atomic E-state index is 13.2. The number of rotatable bonds is 11. The van der Waals surface area contributed by atoms with Gasteiger partial charge >= 0.3 is 22.1 Å². The van der Waals surface area contributed by atoms with E-state index in [2.05, 4.69) is 0 Å². The van der Waals surface area contributed by atoms with Gasteiger partial charge in [-0.3, -0.25) is 9.59 Å². The lowest BCUT2D eigenvalue weighted by molar-refractivity contribution is -0.160. The molecule has 0 amide bonds. The number of nitrogens with two attached hydrogens (primary N) is 1. The van der Waals surface area contributed by atoms with Crippen molar-refractivity contribution in [1.82, 2.24) is 0 Å². The Labute approximate surface area is 211 Å². The Bertz CT molecular complexity index is 1240. The molecule has 3 aromatic rings. The predicted molar refractivity (Wildman–Crippen MR) is 133 cm³/mol. The minimum Gasteiger partial charge on any atom is -0.463 e. The van der Waals surface area contributed by atoms with Crippen LogP contribution in [0.5, 0.6) is 5.75 Å². The molecule has 0 radical (unpaired) electrons. The minimum atomic E-state index is -4.04. The molecule has 3 aromatic carbocycles. The van der Waals surface area contributed by atoms with Crippen LogP contribution >= 0.6 is 0 Å². The van der Waals surface area contributed by atoms with Crippen molar-refractivity contribution in [3.63, 3.8) is 0 Å². The van der Waals surface area contributed by atoms with E-state index in [1.165, 1.54) is 36.4 Å². The van der Waals surface area contributed by atoms with Gasteiger partial charge in [0.2, 0.25) is 0 Å². The summed E-state index contributed by atoms with van der Waals surface area (Å²) in [5.74, 6) is -3.30. The van der Waals surface area contributed by atoms with E-state index in [1.54, 1.807) is 32.0 Å². The first kappa shape index (κ1) is 26.9. The molecule has 0 saturated heterocycles. The lowest BCUT2D eigenvalue weighted by Crippen LogP contribution is -2.37. The standard InChI is InChI=1S/C27H29NO7S/c1-19(2)34-26(29)24(17-28)25(27(30)33-18-20-9-5-3-6-10-20)21-13-15-22(16-14-21)35-36(31,32)23-11-7-4-8-12-23/h3-16,19,24-25H,17-18,28H2,1-2H3. The van der Waals surface area contributed by atoms with Gasteiger partial charge in [-0.2, -0.15) is 8.42 Å². The van der Waals surface area contributed by atoms with E-state index in [-0.39, 0.29) is 23.8 Å². The van der Waals surface area contributed by atoms with Crippen molar-refractivity contribution in [3.05, 3.63) is 96.1 Å². The first-order chi connectivity index (χ1) is 17.2. The van der Waals surface area contributed by atoms with Crippen LogP contribution in [0.2, 0.25) is 0 Å². The van der Waals surface area contributed by atoms with Gasteiger partial charge in [0, 0.05) is 6.54 Å². The van der Waals surface area contributed by atoms with Crippen LogP contribution in [0.1, 0.15) is 30.9 Å². The second-order valence-electron chi connectivity index (χ2n) is 8.32. The third kappa shape index (κ3) is 7.16. The Morgan fingerprint density at radius 3 is 1.97 bits per heavy atom. The second-order valence-corrected chi connectivity index (χ2v) is 9.86. The molecule has 2 atom stereocenters. The molecule has 36 heavy (non-hydrogen) atoms. The Morgan fingerprint density at radius 1 is 0.833 bits per heavy atom. The molecular weight excluding hydrogens is 482 g/mol. The van der Waals surface area contributed by atoms with Crippen LogP contribution in [-0.2, 0) is 35.8 Å². The molecule has 0 spiro atoms. The van der Waals surface area contributed by atoms with Crippen molar-refractivity contribution in [1.29, 1.82) is 0 Å². The van der Waals surface area contributed by atoms with Gasteiger partial charge in [-0.05, 0) is 49.2 Å². The molecule has 2 unspecified atom stereocenters. The second kappa shape index (κ2) is 12.3. The van der Waals surface area contributed by atoms with Gasteiger partial charge in [-0.1, -0.05) is 60.7 Å². The molecule has 8 nitrogen and oxygen atoms in total. The summed E-state index contributed by atoms with van der Waals surface area (Å²) in [6.45, 7) is 3.27. The molecule has 0 aliphatic heterocycles. The third-order valence-corrected chi connectivity index (χ3v) is 6.53. The third-order valence-electron chi connectivity index (χ3n) is 5.27.